The van der Waals surface area contributed by atoms with Crippen LogP contribution in [0.15, 0.2) is 42.6 Å². The molecule has 7 heteroatoms. The number of hydrogen-bond acceptors (Lipinski definition) is 5. The molecule has 1 saturated carbocycles. The maximum absolute atomic E-state index is 13.2. The monoisotopic (exact) mass is 433 g/mol. The number of rotatable bonds is 7. The van der Waals surface area contributed by atoms with Gasteiger partial charge in [-0.25, -0.2) is 9.67 Å². The van der Waals surface area contributed by atoms with E-state index in [-0.39, 0.29) is 18.1 Å². The van der Waals surface area contributed by atoms with Crippen LogP contribution in [0.2, 0.25) is 0 Å². The summed E-state index contributed by atoms with van der Waals surface area (Å²) in [7, 11) is 0. The van der Waals surface area contributed by atoms with Crippen LogP contribution >= 0.6 is 0 Å². The van der Waals surface area contributed by atoms with Crippen molar-refractivity contribution in [3.8, 4) is 0 Å². The SMILES string of the molecule is CC(C)n1ncc2c(C(=O)NCC3CN(Cc4ccccc4)CCO3)cc(C3CC3)nc21. The maximum atomic E-state index is 13.2. The van der Waals surface area contributed by atoms with Crippen molar-refractivity contribution in [1.82, 2.24) is 25.0 Å². The van der Waals surface area contributed by atoms with Crippen molar-refractivity contribution in [2.24, 2.45) is 0 Å². The molecule has 1 unspecified atom stereocenters. The Morgan fingerprint density at radius 2 is 2.06 bits per heavy atom. The number of morpholine rings is 1. The molecular weight excluding hydrogens is 402 g/mol. The van der Waals surface area contributed by atoms with Crippen LogP contribution in [-0.2, 0) is 11.3 Å². The summed E-state index contributed by atoms with van der Waals surface area (Å²) in [5.41, 5.74) is 3.78. The molecule has 1 saturated heterocycles. The molecule has 3 heterocycles. The van der Waals surface area contributed by atoms with E-state index in [4.69, 9.17) is 9.72 Å². The largest absolute Gasteiger partial charge is 0.374 e. The zero-order valence-corrected chi connectivity index (χ0v) is 18.8. The molecule has 1 aliphatic heterocycles. The second-order valence-electron chi connectivity index (χ2n) is 9.21. The van der Waals surface area contributed by atoms with Gasteiger partial charge in [0.1, 0.15) is 0 Å². The third kappa shape index (κ3) is 4.54. The molecule has 0 spiro atoms. The van der Waals surface area contributed by atoms with E-state index in [0.29, 0.717) is 24.6 Å². The Morgan fingerprint density at radius 1 is 1.25 bits per heavy atom. The molecule has 168 valence electrons. The van der Waals surface area contributed by atoms with E-state index in [2.05, 4.69) is 53.4 Å². The number of nitrogens with zero attached hydrogens (tertiary/aromatic N) is 4. The minimum Gasteiger partial charge on any atom is -0.374 e. The number of pyridine rings is 1. The van der Waals surface area contributed by atoms with Gasteiger partial charge >= 0.3 is 0 Å². The lowest BCUT2D eigenvalue weighted by atomic mass is 10.1. The van der Waals surface area contributed by atoms with Gasteiger partial charge in [0, 0.05) is 43.8 Å². The number of carbonyl (C=O) groups excluding carboxylic acids is 1. The maximum Gasteiger partial charge on any atom is 0.252 e. The fourth-order valence-corrected chi connectivity index (χ4v) is 4.38. The van der Waals surface area contributed by atoms with Gasteiger partial charge in [0.15, 0.2) is 5.65 Å². The zero-order chi connectivity index (χ0) is 22.1. The topological polar surface area (TPSA) is 72.3 Å². The Labute approximate surface area is 188 Å². The molecule has 2 aromatic heterocycles. The molecule has 3 aromatic rings. The first kappa shape index (κ1) is 21.1. The second kappa shape index (κ2) is 9.00. The van der Waals surface area contributed by atoms with Crippen LogP contribution in [0.3, 0.4) is 0 Å². The quantitative estimate of drug-likeness (QED) is 0.617. The molecule has 5 rings (SSSR count). The van der Waals surface area contributed by atoms with Crippen LogP contribution in [0, 0.1) is 0 Å². The molecule has 1 N–H and O–H groups in total. The summed E-state index contributed by atoms with van der Waals surface area (Å²) >= 11 is 0. The van der Waals surface area contributed by atoms with Gasteiger partial charge in [0.25, 0.3) is 5.91 Å². The summed E-state index contributed by atoms with van der Waals surface area (Å²) in [5.74, 6) is 0.390. The zero-order valence-electron chi connectivity index (χ0n) is 18.8. The Morgan fingerprint density at radius 3 is 2.81 bits per heavy atom. The Bertz CT molecular complexity index is 1090. The van der Waals surface area contributed by atoms with Crippen molar-refractivity contribution >= 4 is 16.9 Å². The van der Waals surface area contributed by atoms with Gasteiger partial charge in [-0.3, -0.25) is 9.69 Å². The fourth-order valence-electron chi connectivity index (χ4n) is 4.38. The Kier molecular flexibility index (Phi) is 5.93. The van der Waals surface area contributed by atoms with Gasteiger partial charge in [0.2, 0.25) is 0 Å². The van der Waals surface area contributed by atoms with Gasteiger partial charge < -0.3 is 10.1 Å². The first-order valence-electron chi connectivity index (χ1n) is 11.6. The van der Waals surface area contributed by atoms with Crippen molar-refractivity contribution in [3.63, 3.8) is 0 Å². The van der Waals surface area contributed by atoms with E-state index < -0.39 is 0 Å². The van der Waals surface area contributed by atoms with Crippen molar-refractivity contribution in [2.45, 2.75) is 51.3 Å². The van der Waals surface area contributed by atoms with Crippen LogP contribution in [0.25, 0.3) is 11.0 Å². The average Bonchev–Trinajstić information content (AvgIpc) is 3.56. The summed E-state index contributed by atoms with van der Waals surface area (Å²) in [6.07, 6.45) is 4.03. The minimum absolute atomic E-state index is 0.0185. The highest BCUT2D eigenvalue weighted by molar-refractivity contribution is 6.05. The van der Waals surface area contributed by atoms with Crippen LogP contribution in [-0.4, -0.2) is 57.9 Å². The number of amides is 1. The predicted octanol–water partition coefficient (Wildman–Crippen LogP) is 3.52. The number of aromatic nitrogens is 3. The third-order valence-electron chi connectivity index (χ3n) is 6.28. The van der Waals surface area contributed by atoms with Gasteiger partial charge in [0.05, 0.1) is 29.9 Å². The van der Waals surface area contributed by atoms with Crippen molar-refractivity contribution in [1.29, 1.82) is 0 Å². The van der Waals surface area contributed by atoms with Gasteiger partial charge in [-0.1, -0.05) is 30.3 Å². The van der Waals surface area contributed by atoms with Crippen LogP contribution in [0.1, 0.15) is 60.3 Å². The molecule has 7 nitrogen and oxygen atoms in total. The van der Waals surface area contributed by atoms with E-state index in [1.54, 1.807) is 6.20 Å². The normalized spacial score (nSPS) is 19.5. The number of nitrogens with one attached hydrogen (secondary N) is 1. The molecule has 32 heavy (non-hydrogen) atoms. The highest BCUT2D eigenvalue weighted by Gasteiger charge is 2.28. The molecular formula is C25H31N5O2. The van der Waals surface area contributed by atoms with Gasteiger partial charge in [-0.05, 0) is 38.3 Å². The van der Waals surface area contributed by atoms with E-state index in [9.17, 15) is 4.79 Å². The molecule has 1 atom stereocenters. The number of hydrogen-bond donors (Lipinski definition) is 1. The average molecular weight is 434 g/mol. The lowest BCUT2D eigenvalue weighted by Gasteiger charge is -2.33. The summed E-state index contributed by atoms with van der Waals surface area (Å²) in [5, 5.41) is 8.43. The first-order valence-corrected chi connectivity index (χ1v) is 11.6. The molecule has 1 amide bonds. The van der Waals surface area contributed by atoms with E-state index in [0.717, 1.165) is 49.2 Å². The third-order valence-corrected chi connectivity index (χ3v) is 6.28. The van der Waals surface area contributed by atoms with Crippen molar-refractivity contribution in [2.75, 3.05) is 26.2 Å². The first-order chi connectivity index (χ1) is 15.6. The molecule has 0 radical (unpaired) electrons. The highest BCUT2D eigenvalue weighted by Crippen LogP contribution is 2.40. The fraction of sp³-hybridized carbons (Fsp3) is 0.480. The summed E-state index contributed by atoms with van der Waals surface area (Å²) in [6.45, 7) is 7.95. The lowest BCUT2D eigenvalue weighted by molar-refractivity contribution is -0.0292. The summed E-state index contributed by atoms with van der Waals surface area (Å²) in [6, 6.07) is 12.6. The molecule has 2 fully saturated rings. The van der Waals surface area contributed by atoms with Crippen molar-refractivity contribution in [3.05, 3.63) is 59.4 Å². The summed E-state index contributed by atoms with van der Waals surface area (Å²) < 4.78 is 7.85. The lowest BCUT2D eigenvalue weighted by Crippen LogP contribution is -2.47. The van der Waals surface area contributed by atoms with E-state index >= 15 is 0 Å². The van der Waals surface area contributed by atoms with Gasteiger partial charge in [-0.2, -0.15) is 5.10 Å². The van der Waals surface area contributed by atoms with Gasteiger partial charge in [-0.15, -0.1) is 0 Å². The van der Waals surface area contributed by atoms with Crippen LogP contribution < -0.4 is 5.32 Å². The number of carbonyl (C=O) groups is 1. The highest BCUT2D eigenvalue weighted by atomic mass is 16.5. The van der Waals surface area contributed by atoms with E-state index in [1.807, 2.05) is 16.8 Å². The standard InChI is InChI=1S/C25H31N5O2/c1-17(2)30-24-22(14-27-30)21(12-23(28-24)19-8-9-19)25(31)26-13-20-16-29(10-11-32-20)15-18-6-4-3-5-7-18/h3-7,12,14,17,19-20H,8-11,13,15-16H2,1-2H3,(H,26,31). The Hall–Kier alpha value is -2.77. The minimum atomic E-state index is -0.0774. The molecule has 0 bridgehead atoms. The molecule has 2 aliphatic rings. The molecule has 1 aromatic carbocycles. The number of ether oxygens (including phenoxy) is 1. The molecule has 1 aliphatic carbocycles. The van der Waals surface area contributed by atoms with E-state index in [1.165, 1.54) is 5.56 Å². The number of benzene rings is 1. The Balaban J connectivity index is 1.28. The van der Waals surface area contributed by atoms with Crippen LogP contribution in [0.4, 0.5) is 0 Å². The second-order valence-corrected chi connectivity index (χ2v) is 9.21. The smallest absolute Gasteiger partial charge is 0.252 e. The number of fused-ring (bicyclic) bond motifs is 1. The summed E-state index contributed by atoms with van der Waals surface area (Å²) in [4.78, 5) is 20.4. The predicted molar refractivity (Wildman–Crippen MR) is 124 cm³/mol. The van der Waals surface area contributed by atoms with Crippen molar-refractivity contribution < 1.29 is 9.53 Å². The van der Waals surface area contributed by atoms with Crippen LogP contribution in [0.5, 0.6) is 0 Å².